The van der Waals surface area contributed by atoms with Gasteiger partial charge < -0.3 is 0 Å². The average molecular weight is 341 g/mol. The van der Waals surface area contributed by atoms with Gasteiger partial charge in [0.05, 0.1) is 11.4 Å². The Balaban J connectivity index is 1.71. The highest BCUT2D eigenvalue weighted by Crippen LogP contribution is 2.21. The molecule has 0 aliphatic carbocycles. The van der Waals surface area contributed by atoms with Gasteiger partial charge in [0.25, 0.3) is 0 Å². The van der Waals surface area contributed by atoms with E-state index in [1.54, 1.807) is 12.1 Å². The van der Waals surface area contributed by atoms with Crippen molar-refractivity contribution in [1.29, 1.82) is 0 Å². The minimum atomic E-state index is -3.45. The smallest absolute Gasteiger partial charge is 0.236 e. The number of nitrogens with one attached hydrogen (secondary N) is 2. The number of sulfonamides is 1. The number of hydrogen-bond donors (Lipinski definition) is 2. The lowest BCUT2D eigenvalue weighted by atomic mass is 10.1. The largest absolute Gasteiger partial charge is 0.283 e. The summed E-state index contributed by atoms with van der Waals surface area (Å²) in [6.45, 7) is 3.91. The van der Waals surface area contributed by atoms with Gasteiger partial charge >= 0.3 is 0 Å². The number of H-pyrrole nitrogens is 1. The van der Waals surface area contributed by atoms with Crippen molar-refractivity contribution in [3.8, 4) is 11.3 Å². The highest BCUT2D eigenvalue weighted by Gasteiger charge is 2.12. The van der Waals surface area contributed by atoms with Crippen LogP contribution in [0.3, 0.4) is 0 Å². The molecule has 6 heteroatoms. The van der Waals surface area contributed by atoms with Gasteiger partial charge in [-0.05, 0) is 37.6 Å². The number of rotatable bonds is 5. The van der Waals surface area contributed by atoms with Crippen molar-refractivity contribution in [1.82, 2.24) is 10.2 Å². The molecule has 0 radical (unpaired) electrons. The van der Waals surface area contributed by atoms with Gasteiger partial charge in [-0.3, -0.25) is 9.82 Å². The molecule has 0 aliphatic rings. The Hall–Kier alpha value is -2.60. The van der Waals surface area contributed by atoms with Crippen molar-refractivity contribution in [2.24, 2.45) is 0 Å². The number of benzene rings is 2. The van der Waals surface area contributed by atoms with Crippen molar-refractivity contribution in [3.05, 3.63) is 71.4 Å². The zero-order chi connectivity index (χ0) is 17.2. The van der Waals surface area contributed by atoms with Crippen LogP contribution in [0.4, 0.5) is 5.69 Å². The minimum absolute atomic E-state index is 0.0480. The van der Waals surface area contributed by atoms with Crippen molar-refractivity contribution in [2.75, 3.05) is 4.72 Å². The highest BCUT2D eigenvalue weighted by molar-refractivity contribution is 7.91. The second kappa shape index (κ2) is 6.49. The van der Waals surface area contributed by atoms with Gasteiger partial charge in [0.1, 0.15) is 0 Å². The molecular formula is C18H19N3O2S. The number of hydrogen-bond acceptors (Lipinski definition) is 3. The van der Waals surface area contributed by atoms with Crippen LogP contribution in [0.1, 0.15) is 16.8 Å². The second-order valence-corrected chi connectivity index (χ2v) is 7.58. The van der Waals surface area contributed by atoms with Crippen LogP contribution in [0.2, 0.25) is 0 Å². The van der Waals surface area contributed by atoms with Gasteiger partial charge in [-0.1, -0.05) is 42.0 Å². The molecule has 0 unspecified atom stereocenters. The van der Waals surface area contributed by atoms with E-state index in [4.69, 9.17) is 0 Å². The molecule has 0 aliphatic heterocycles. The fourth-order valence-electron chi connectivity index (χ4n) is 2.39. The molecule has 0 atom stereocenters. The van der Waals surface area contributed by atoms with E-state index in [0.29, 0.717) is 5.69 Å². The zero-order valence-corrected chi connectivity index (χ0v) is 14.4. The van der Waals surface area contributed by atoms with Gasteiger partial charge in [0.15, 0.2) is 0 Å². The van der Waals surface area contributed by atoms with Gasteiger partial charge in [-0.15, -0.1) is 0 Å². The summed E-state index contributed by atoms with van der Waals surface area (Å²) in [5.41, 5.74) is 5.15. The van der Waals surface area contributed by atoms with Crippen molar-refractivity contribution in [2.45, 2.75) is 19.6 Å². The summed E-state index contributed by atoms with van der Waals surface area (Å²) in [7, 11) is -3.45. The van der Waals surface area contributed by atoms with E-state index in [-0.39, 0.29) is 5.75 Å². The maximum absolute atomic E-state index is 12.3. The summed E-state index contributed by atoms with van der Waals surface area (Å²) >= 11 is 0. The van der Waals surface area contributed by atoms with Crippen molar-refractivity contribution < 1.29 is 8.42 Å². The molecule has 3 rings (SSSR count). The molecule has 0 fully saturated rings. The van der Waals surface area contributed by atoms with Crippen LogP contribution in [0.5, 0.6) is 0 Å². The van der Waals surface area contributed by atoms with Crippen LogP contribution in [-0.2, 0) is 15.8 Å². The predicted octanol–water partition coefficient (Wildman–Crippen LogP) is 3.64. The van der Waals surface area contributed by atoms with E-state index >= 15 is 0 Å². The molecule has 0 saturated carbocycles. The quantitative estimate of drug-likeness (QED) is 0.744. The zero-order valence-electron chi connectivity index (χ0n) is 13.6. The predicted molar refractivity (Wildman–Crippen MR) is 96.2 cm³/mol. The van der Waals surface area contributed by atoms with E-state index in [2.05, 4.69) is 14.9 Å². The molecule has 3 aromatic rings. The monoisotopic (exact) mass is 341 g/mol. The number of aryl methyl sites for hydroxylation is 2. The van der Waals surface area contributed by atoms with E-state index in [0.717, 1.165) is 28.1 Å². The molecule has 2 N–H and O–H groups in total. The second-order valence-electron chi connectivity index (χ2n) is 5.86. The van der Waals surface area contributed by atoms with E-state index < -0.39 is 10.0 Å². The first-order valence-corrected chi connectivity index (χ1v) is 9.25. The van der Waals surface area contributed by atoms with Gasteiger partial charge in [-0.2, -0.15) is 5.10 Å². The Morgan fingerprint density at radius 3 is 2.25 bits per heavy atom. The summed E-state index contributed by atoms with van der Waals surface area (Å²) in [4.78, 5) is 0. The molecule has 1 aromatic heterocycles. The molecule has 0 spiro atoms. The Bertz CT molecular complexity index is 927. The first kappa shape index (κ1) is 16.3. The number of nitrogens with zero attached hydrogens (tertiary/aromatic N) is 1. The van der Waals surface area contributed by atoms with Crippen LogP contribution < -0.4 is 4.72 Å². The SMILES string of the molecule is Cc1ccc(CS(=O)(=O)Nc2ccc(-c3cc(C)[nH]n3)cc2)cc1. The maximum Gasteiger partial charge on any atom is 0.236 e. The van der Waals surface area contributed by atoms with Crippen LogP contribution in [-0.4, -0.2) is 18.6 Å². The third-order valence-corrected chi connectivity index (χ3v) is 4.90. The summed E-state index contributed by atoms with van der Waals surface area (Å²) in [6, 6.07) is 16.6. The lowest BCUT2D eigenvalue weighted by Crippen LogP contribution is -2.15. The van der Waals surface area contributed by atoms with Crippen LogP contribution in [0, 0.1) is 13.8 Å². The topological polar surface area (TPSA) is 74.8 Å². The maximum atomic E-state index is 12.3. The van der Waals surface area contributed by atoms with Gasteiger partial charge in [-0.25, -0.2) is 8.42 Å². The molecule has 0 bridgehead atoms. The molecule has 0 saturated heterocycles. The number of aromatic amines is 1. The normalized spacial score (nSPS) is 11.4. The molecule has 2 aromatic carbocycles. The fraction of sp³-hybridized carbons (Fsp3) is 0.167. The Morgan fingerprint density at radius 1 is 1.00 bits per heavy atom. The minimum Gasteiger partial charge on any atom is -0.283 e. The molecule has 1 heterocycles. The standard InChI is InChI=1S/C18H19N3O2S/c1-13-3-5-15(6-4-13)12-24(22,23)21-17-9-7-16(8-10-17)18-11-14(2)19-20-18/h3-11,21H,12H2,1-2H3,(H,19,20). The van der Waals surface area contributed by atoms with E-state index in [9.17, 15) is 8.42 Å². The van der Waals surface area contributed by atoms with Crippen molar-refractivity contribution >= 4 is 15.7 Å². The van der Waals surface area contributed by atoms with Crippen molar-refractivity contribution in [3.63, 3.8) is 0 Å². The Morgan fingerprint density at radius 2 is 1.67 bits per heavy atom. The molecule has 0 amide bonds. The Labute approximate surface area is 141 Å². The summed E-state index contributed by atoms with van der Waals surface area (Å²) < 4.78 is 27.2. The van der Waals surface area contributed by atoms with Gasteiger partial charge in [0, 0.05) is 16.9 Å². The first-order valence-electron chi connectivity index (χ1n) is 7.60. The average Bonchev–Trinajstić information content (AvgIpc) is 2.96. The van der Waals surface area contributed by atoms with Crippen LogP contribution in [0.25, 0.3) is 11.3 Å². The highest BCUT2D eigenvalue weighted by atomic mass is 32.2. The van der Waals surface area contributed by atoms with Crippen LogP contribution >= 0.6 is 0 Å². The van der Waals surface area contributed by atoms with E-state index in [1.807, 2.05) is 56.3 Å². The molecule has 24 heavy (non-hydrogen) atoms. The Kier molecular flexibility index (Phi) is 4.40. The van der Waals surface area contributed by atoms with Crippen LogP contribution in [0.15, 0.2) is 54.6 Å². The van der Waals surface area contributed by atoms with Gasteiger partial charge in [0.2, 0.25) is 10.0 Å². The number of anilines is 1. The summed E-state index contributed by atoms with van der Waals surface area (Å²) in [5, 5.41) is 7.08. The number of aromatic nitrogens is 2. The molecule has 124 valence electrons. The third-order valence-electron chi connectivity index (χ3n) is 3.64. The van der Waals surface area contributed by atoms with E-state index in [1.165, 1.54) is 0 Å². The fourth-order valence-corrected chi connectivity index (χ4v) is 3.59. The lowest BCUT2D eigenvalue weighted by molar-refractivity contribution is 0.600. The molecular weight excluding hydrogens is 322 g/mol. The first-order chi connectivity index (χ1) is 11.4. The summed E-state index contributed by atoms with van der Waals surface area (Å²) in [5.74, 6) is -0.0480. The molecule has 5 nitrogen and oxygen atoms in total. The third kappa shape index (κ3) is 4.02. The lowest BCUT2D eigenvalue weighted by Gasteiger charge is -2.09. The summed E-state index contributed by atoms with van der Waals surface area (Å²) in [6.07, 6.45) is 0.